The van der Waals surface area contributed by atoms with Crippen LogP contribution in [-0.4, -0.2) is 20.0 Å². The van der Waals surface area contributed by atoms with Crippen LogP contribution in [0.2, 0.25) is 0 Å². The molecule has 104 valence electrons. The van der Waals surface area contributed by atoms with E-state index in [-0.39, 0.29) is 0 Å². The van der Waals surface area contributed by atoms with E-state index < -0.39 is 10.8 Å². The molecule has 0 N–H and O–H groups in total. The fourth-order valence-corrected chi connectivity index (χ4v) is 4.11. The summed E-state index contributed by atoms with van der Waals surface area (Å²) in [6.07, 6.45) is 2.67. The van der Waals surface area contributed by atoms with E-state index in [9.17, 15) is 4.21 Å². The molecule has 1 atom stereocenters. The molecule has 2 aromatic rings. The first-order valence-electron chi connectivity index (χ1n) is 6.77. The number of fused-ring (bicyclic) bond motifs is 1. The van der Waals surface area contributed by atoms with Gasteiger partial charge in [-0.05, 0) is 30.0 Å². The van der Waals surface area contributed by atoms with E-state index in [4.69, 9.17) is 0 Å². The van der Waals surface area contributed by atoms with Crippen LogP contribution in [0.25, 0.3) is 10.6 Å². The molecule has 0 bridgehead atoms. The molecule has 0 radical (unpaired) electrons. The molecule has 3 nitrogen and oxygen atoms in total. The summed E-state index contributed by atoms with van der Waals surface area (Å²) >= 11 is 1.68. The lowest BCUT2D eigenvalue weighted by molar-refractivity contribution is 0.686. The summed E-state index contributed by atoms with van der Waals surface area (Å²) in [5, 5.41) is 2.83. The number of hydrogen-bond donors (Lipinski definition) is 0. The lowest BCUT2D eigenvalue weighted by Crippen LogP contribution is -2.11. The molecule has 3 heterocycles. The van der Waals surface area contributed by atoms with Crippen molar-refractivity contribution in [2.45, 2.75) is 26.2 Å². The minimum Gasteiger partial charge on any atom is -0.253 e. The summed E-state index contributed by atoms with van der Waals surface area (Å²) in [6, 6.07) is 8.07. The molecule has 0 aromatic carbocycles. The van der Waals surface area contributed by atoms with E-state index in [1.54, 1.807) is 11.3 Å². The van der Waals surface area contributed by atoms with Gasteiger partial charge in [-0.3, -0.25) is 4.21 Å². The Balaban J connectivity index is 1.79. The topological polar surface area (TPSA) is 42.3 Å². The second kappa shape index (κ2) is 5.97. The van der Waals surface area contributed by atoms with Crippen molar-refractivity contribution in [3.63, 3.8) is 0 Å². The predicted molar refractivity (Wildman–Crippen MR) is 86.3 cm³/mol. The number of hydrogen-bond acceptors (Lipinski definition) is 4. The van der Waals surface area contributed by atoms with E-state index >= 15 is 0 Å². The Morgan fingerprint density at radius 3 is 3.00 bits per heavy atom. The third-order valence-corrected chi connectivity index (χ3v) is 5.55. The Labute approximate surface area is 125 Å². The zero-order valence-corrected chi connectivity index (χ0v) is 13.0. The van der Waals surface area contributed by atoms with Crippen LogP contribution in [0.15, 0.2) is 34.6 Å². The monoisotopic (exact) mass is 304 g/mol. The van der Waals surface area contributed by atoms with Crippen molar-refractivity contribution in [1.82, 2.24) is 4.98 Å². The van der Waals surface area contributed by atoms with Crippen molar-refractivity contribution in [3.8, 4) is 10.6 Å². The average molecular weight is 304 g/mol. The molecule has 20 heavy (non-hydrogen) atoms. The second-order valence-electron chi connectivity index (χ2n) is 4.73. The molecule has 0 aliphatic carbocycles. The van der Waals surface area contributed by atoms with Crippen molar-refractivity contribution in [2.24, 2.45) is 4.99 Å². The highest BCUT2D eigenvalue weighted by Crippen LogP contribution is 2.30. The summed E-state index contributed by atoms with van der Waals surface area (Å²) in [4.78, 5) is 10.3. The maximum atomic E-state index is 12.1. The van der Waals surface area contributed by atoms with E-state index in [0.29, 0.717) is 12.2 Å². The zero-order valence-electron chi connectivity index (χ0n) is 11.3. The van der Waals surface area contributed by atoms with Gasteiger partial charge in [0, 0.05) is 12.2 Å². The van der Waals surface area contributed by atoms with Gasteiger partial charge in [0.15, 0.2) is 0 Å². The lowest BCUT2D eigenvalue weighted by atomic mass is 10.2. The summed E-state index contributed by atoms with van der Waals surface area (Å²) in [6.45, 7) is 2.11. The molecule has 0 amide bonds. The predicted octanol–water partition coefficient (Wildman–Crippen LogP) is 3.95. The lowest BCUT2D eigenvalue weighted by Gasteiger charge is -2.01. The second-order valence-corrected chi connectivity index (χ2v) is 7.24. The van der Waals surface area contributed by atoms with Gasteiger partial charge in [0.05, 0.1) is 32.8 Å². The van der Waals surface area contributed by atoms with Crippen molar-refractivity contribution < 1.29 is 4.21 Å². The maximum Gasteiger partial charge on any atom is 0.111 e. The van der Waals surface area contributed by atoms with Crippen molar-refractivity contribution in [2.75, 3.05) is 5.75 Å². The molecule has 3 rings (SSSR count). The molecular weight excluding hydrogens is 288 g/mol. The summed E-state index contributed by atoms with van der Waals surface area (Å²) in [7, 11) is -0.952. The third-order valence-electron chi connectivity index (χ3n) is 3.23. The summed E-state index contributed by atoms with van der Waals surface area (Å²) < 4.78 is 12.1. The molecule has 0 saturated carbocycles. The highest BCUT2D eigenvalue weighted by atomic mass is 32.2. The molecule has 1 aliphatic heterocycles. The minimum absolute atomic E-state index is 0.630. The molecule has 1 aliphatic rings. The fourth-order valence-electron chi connectivity index (χ4n) is 2.13. The standard InChI is InChI=1S/C15H16N2OS2/c1-2-3-9-20(18)15-10-13-11(17-15)6-7-12(16-13)14-5-4-8-19-14/h4-8H,2-3,9-10H2,1H3. The smallest absolute Gasteiger partial charge is 0.111 e. The Morgan fingerprint density at radius 2 is 2.25 bits per heavy atom. The number of nitrogens with zero attached hydrogens (tertiary/aromatic N) is 2. The first kappa shape index (κ1) is 13.6. The van der Waals surface area contributed by atoms with Gasteiger partial charge in [-0.1, -0.05) is 19.4 Å². The zero-order chi connectivity index (χ0) is 13.9. The van der Waals surface area contributed by atoms with E-state index in [2.05, 4.69) is 23.0 Å². The van der Waals surface area contributed by atoms with Crippen molar-refractivity contribution >= 4 is 32.9 Å². The normalized spacial score (nSPS) is 14.9. The van der Waals surface area contributed by atoms with Crippen LogP contribution in [-0.2, 0) is 17.2 Å². The summed E-state index contributed by atoms with van der Waals surface area (Å²) in [5.74, 6) is 0.709. The quantitative estimate of drug-likeness (QED) is 0.858. The molecule has 0 spiro atoms. The average Bonchev–Trinajstić information content (AvgIpc) is 3.12. The van der Waals surface area contributed by atoms with Gasteiger partial charge in [-0.25, -0.2) is 9.98 Å². The summed E-state index contributed by atoms with van der Waals surface area (Å²) in [5.41, 5.74) is 2.82. The molecule has 5 heteroatoms. The first-order chi connectivity index (χ1) is 9.78. The maximum absolute atomic E-state index is 12.1. The third kappa shape index (κ3) is 2.74. The van der Waals surface area contributed by atoms with Crippen LogP contribution in [0.1, 0.15) is 25.5 Å². The van der Waals surface area contributed by atoms with Gasteiger partial charge < -0.3 is 0 Å². The Morgan fingerprint density at radius 1 is 1.35 bits per heavy atom. The SMILES string of the molecule is CCCCS(=O)C1=Nc2ccc(-c3cccs3)nc2C1. The number of thiophene rings is 1. The Bertz CT molecular complexity index is 663. The number of aliphatic imine (C=N–C) groups is 1. The van der Waals surface area contributed by atoms with Gasteiger partial charge in [0.1, 0.15) is 5.04 Å². The molecule has 0 fully saturated rings. The van der Waals surface area contributed by atoms with Gasteiger partial charge in [-0.2, -0.15) is 0 Å². The van der Waals surface area contributed by atoms with Crippen LogP contribution in [0.3, 0.4) is 0 Å². The van der Waals surface area contributed by atoms with Crippen LogP contribution in [0.4, 0.5) is 5.69 Å². The van der Waals surface area contributed by atoms with E-state index in [1.165, 1.54) is 0 Å². The minimum atomic E-state index is -0.952. The number of unbranched alkanes of at least 4 members (excludes halogenated alkanes) is 1. The highest BCUT2D eigenvalue weighted by molar-refractivity contribution is 8.00. The van der Waals surface area contributed by atoms with Crippen LogP contribution in [0, 0.1) is 0 Å². The van der Waals surface area contributed by atoms with Gasteiger partial charge in [0.25, 0.3) is 0 Å². The van der Waals surface area contributed by atoms with Crippen molar-refractivity contribution in [3.05, 3.63) is 35.3 Å². The molecular formula is C15H16N2OS2. The van der Waals surface area contributed by atoms with Crippen LogP contribution >= 0.6 is 11.3 Å². The van der Waals surface area contributed by atoms with E-state index in [1.807, 2.05) is 23.6 Å². The van der Waals surface area contributed by atoms with Crippen molar-refractivity contribution in [1.29, 1.82) is 0 Å². The number of aromatic nitrogens is 1. The van der Waals surface area contributed by atoms with Crippen LogP contribution in [0.5, 0.6) is 0 Å². The molecule has 1 unspecified atom stereocenters. The van der Waals surface area contributed by atoms with E-state index in [0.717, 1.165) is 39.8 Å². The fraction of sp³-hybridized carbons (Fsp3) is 0.333. The Kier molecular flexibility index (Phi) is 4.08. The first-order valence-corrected chi connectivity index (χ1v) is 8.97. The van der Waals surface area contributed by atoms with Crippen LogP contribution < -0.4 is 0 Å². The van der Waals surface area contributed by atoms with Gasteiger partial charge in [-0.15, -0.1) is 11.3 Å². The molecule has 2 aromatic heterocycles. The number of rotatable bonds is 4. The number of pyridine rings is 1. The van der Waals surface area contributed by atoms with Gasteiger partial charge in [0.2, 0.25) is 0 Å². The highest BCUT2D eigenvalue weighted by Gasteiger charge is 2.21. The van der Waals surface area contributed by atoms with Gasteiger partial charge >= 0.3 is 0 Å². The largest absolute Gasteiger partial charge is 0.253 e. The Hall–Kier alpha value is -1.33. The molecule has 0 saturated heterocycles.